The highest BCUT2D eigenvalue weighted by atomic mass is 16.5. The summed E-state index contributed by atoms with van der Waals surface area (Å²) >= 11 is 0. The molecule has 1 heterocycles. The maximum absolute atomic E-state index is 13.0. The summed E-state index contributed by atoms with van der Waals surface area (Å²) in [5, 5.41) is 2.91. The van der Waals surface area contributed by atoms with Crippen LogP contribution >= 0.6 is 0 Å². The summed E-state index contributed by atoms with van der Waals surface area (Å²) in [4.78, 5) is 26.0. The molecule has 1 aliphatic heterocycles. The molecule has 0 unspecified atom stereocenters. The third-order valence-corrected chi connectivity index (χ3v) is 5.61. The van der Waals surface area contributed by atoms with Crippen molar-refractivity contribution in [2.75, 3.05) is 14.2 Å². The topological polar surface area (TPSA) is 79.7 Å². The molecule has 33 heavy (non-hydrogen) atoms. The van der Waals surface area contributed by atoms with Gasteiger partial charge in [-0.25, -0.2) is 0 Å². The van der Waals surface area contributed by atoms with Crippen LogP contribution in [-0.4, -0.2) is 43.0 Å². The molecule has 4 rings (SSSR count). The van der Waals surface area contributed by atoms with Crippen LogP contribution in [0.25, 0.3) is 0 Å². The first-order valence-electron chi connectivity index (χ1n) is 10.6. The van der Waals surface area contributed by atoms with Gasteiger partial charge in [-0.3, -0.25) is 9.59 Å². The minimum atomic E-state index is -0.798. The van der Waals surface area contributed by atoms with Gasteiger partial charge < -0.3 is 14.8 Å². The number of hydrogen-bond donors (Lipinski definition) is 2. The van der Waals surface area contributed by atoms with E-state index in [0.717, 1.165) is 16.7 Å². The number of aryl methyl sites for hydroxylation is 1. The van der Waals surface area contributed by atoms with E-state index >= 15 is 0 Å². The Morgan fingerprint density at radius 3 is 2.33 bits per heavy atom. The molecule has 0 radical (unpaired) electrons. The Balaban J connectivity index is 1.70. The SMILES string of the molecule is COc1ccc(C(=O)N[C@H]2C(=O)N/[N+](=C\c3ccccc3OC)[C@H]2c2ccc(C)cc2)cc1. The summed E-state index contributed by atoms with van der Waals surface area (Å²) in [6.45, 7) is 2.00. The Morgan fingerprint density at radius 1 is 0.970 bits per heavy atom. The molecule has 0 aliphatic carbocycles. The number of nitrogens with zero attached hydrogens (tertiary/aromatic N) is 1. The molecule has 0 saturated carbocycles. The fourth-order valence-corrected chi connectivity index (χ4v) is 3.83. The summed E-state index contributed by atoms with van der Waals surface area (Å²) in [6.07, 6.45) is 1.82. The Bertz CT molecular complexity index is 1190. The summed E-state index contributed by atoms with van der Waals surface area (Å²) in [5.41, 5.74) is 6.14. The average molecular weight is 445 g/mol. The first-order chi connectivity index (χ1) is 16.0. The first kappa shape index (κ1) is 22.1. The first-order valence-corrected chi connectivity index (χ1v) is 10.6. The van der Waals surface area contributed by atoms with Gasteiger partial charge in [-0.2, -0.15) is 0 Å². The van der Waals surface area contributed by atoms with Crippen molar-refractivity contribution in [3.8, 4) is 11.5 Å². The number of carbonyl (C=O) groups excluding carboxylic acids is 2. The van der Waals surface area contributed by atoms with Crippen molar-refractivity contribution in [1.82, 2.24) is 10.7 Å². The van der Waals surface area contributed by atoms with Gasteiger partial charge in [0.2, 0.25) is 12.3 Å². The minimum absolute atomic E-state index is 0.298. The minimum Gasteiger partial charge on any atom is -0.497 e. The largest absolute Gasteiger partial charge is 0.497 e. The summed E-state index contributed by atoms with van der Waals surface area (Å²) < 4.78 is 12.3. The second kappa shape index (κ2) is 9.56. The van der Waals surface area contributed by atoms with E-state index in [2.05, 4.69) is 10.7 Å². The normalized spacial score (nSPS) is 18.6. The van der Waals surface area contributed by atoms with Crippen LogP contribution in [0.5, 0.6) is 11.5 Å². The molecule has 1 fully saturated rings. The van der Waals surface area contributed by atoms with Crippen LogP contribution < -0.4 is 20.2 Å². The molecule has 1 saturated heterocycles. The Labute approximate surface area is 192 Å². The molecule has 7 nitrogen and oxygen atoms in total. The van der Waals surface area contributed by atoms with Crippen molar-refractivity contribution in [3.63, 3.8) is 0 Å². The molecule has 0 bridgehead atoms. The number of rotatable bonds is 6. The van der Waals surface area contributed by atoms with Crippen molar-refractivity contribution >= 4 is 18.0 Å². The predicted octanol–water partition coefficient (Wildman–Crippen LogP) is 3.03. The van der Waals surface area contributed by atoms with Crippen molar-refractivity contribution in [2.24, 2.45) is 0 Å². The Morgan fingerprint density at radius 2 is 1.67 bits per heavy atom. The zero-order valence-corrected chi connectivity index (χ0v) is 18.7. The molecule has 2 amide bonds. The quantitative estimate of drug-likeness (QED) is 0.573. The molecular formula is C26H26N3O4+. The number of hydrazine groups is 1. The van der Waals surface area contributed by atoms with E-state index in [1.165, 1.54) is 0 Å². The Kier molecular flexibility index (Phi) is 6.40. The summed E-state index contributed by atoms with van der Waals surface area (Å²) in [6, 6.07) is 21.0. The van der Waals surface area contributed by atoms with Crippen LogP contribution in [0.1, 0.15) is 33.1 Å². The van der Waals surface area contributed by atoms with E-state index < -0.39 is 12.1 Å². The number of nitrogens with one attached hydrogen (secondary N) is 2. The van der Waals surface area contributed by atoms with Crippen molar-refractivity contribution in [3.05, 3.63) is 95.1 Å². The number of carbonyl (C=O) groups is 2. The summed E-state index contributed by atoms with van der Waals surface area (Å²) in [7, 11) is 3.17. The molecule has 3 aromatic carbocycles. The molecule has 168 valence electrons. The van der Waals surface area contributed by atoms with E-state index in [0.29, 0.717) is 17.1 Å². The van der Waals surface area contributed by atoms with Gasteiger partial charge in [0.05, 0.1) is 19.8 Å². The van der Waals surface area contributed by atoms with Gasteiger partial charge in [0.15, 0.2) is 6.04 Å². The molecule has 2 N–H and O–H groups in total. The molecule has 3 aromatic rings. The van der Waals surface area contributed by atoms with Crippen LogP contribution in [0.3, 0.4) is 0 Å². The van der Waals surface area contributed by atoms with Crippen molar-refractivity contribution in [1.29, 1.82) is 0 Å². The highest BCUT2D eigenvalue weighted by molar-refractivity contribution is 5.98. The van der Waals surface area contributed by atoms with Crippen LogP contribution in [0.15, 0.2) is 72.8 Å². The lowest BCUT2D eigenvalue weighted by Gasteiger charge is -2.15. The predicted molar refractivity (Wildman–Crippen MR) is 125 cm³/mol. The van der Waals surface area contributed by atoms with Gasteiger partial charge in [0, 0.05) is 11.1 Å². The van der Waals surface area contributed by atoms with E-state index in [1.54, 1.807) is 43.2 Å². The van der Waals surface area contributed by atoms with Crippen molar-refractivity contribution < 1.29 is 23.7 Å². The van der Waals surface area contributed by atoms with E-state index in [9.17, 15) is 9.59 Å². The van der Waals surface area contributed by atoms with E-state index in [4.69, 9.17) is 9.47 Å². The maximum Gasteiger partial charge on any atom is 0.304 e. The lowest BCUT2D eigenvalue weighted by molar-refractivity contribution is -0.596. The van der Waals surface area contributed by atoms with Crippen LogP contribution in [0, 0.1) is 6.92 Å². The number of ether oxygens (including phenoxy) is 2. The lowest BCUT2D eigenvalue weighted by atomic mass is 9.98. The zero-order chi connectivity index (χ0) is 23.4. The van der Waals surface area contributed by atoms with Crippen molar-refractivity contribution in [2.45, 2.75) is 19.0 Å². The van der Waals surface area contributed by atoms with E-state index in [1.807, 2.05) is 61.7 Å². The number of benzene rings is 3. The molecular weight excluding hydrogens is 418 g/mol. The molecule has 0 aromatic heterocycles. The van der Waals surface area contributed by atoms with Gasteiger partial charge >= 0.3 is 5.91 Å². The summed E-state index contributed by atoms with van der Waals surface area (Å²) in [5.74, 6) is 0.697. The highest BCUT2D eigenvalue weighted by Gasteiger charge is 2.47. The van der Waals surface area contributed by atoms with Gasteiger partial charge in [-0.1, -0.05) is 42.0 Å². The third-order valence-electron chi connectivity index (χ3n) is 5.61. The lowest BCUT2D eigenvalue weighted by Crippen LogP contribution is -2.42. The van der Waals surface area contributed by atoms with Crippen LogP contribution in [-0.2, 0) is 4.79 Å². The monoisotopic (exact) mass is 444 g/mol. The maximum atomic E-state index is 13.0. The second-order valence-electron chi connectivity index (χ2n) is 7.79. The molecule has 7 heteroatoms. The van der Waals surface area contributed by atoms with Gasteiger partial charge in [0.1, 0.15) is 11.5 Å². The average Bonchev–Trinajstić information content (AvgIpc) is 3.14. The molecule has 1 aliphatic rings. The highest BCUT2D eigenvalue weighted by Crippen LogP contribution is 2.27. The van der Waals surface area contributed by atoms with Gasteiger partial charge in [-0.05, 0) is 43.3 Å². The number of methoxy groups -OCH3 is 2. The third kappa shape index (κ3) is 4.72. The number of amides is 2. The number of hydrazone groups is 1. The van der Waals surface area contributed by atoms with Gasteiger partial charge in [-0.15, -0.1) is 10.1 Å². The fraction of sp³-hybridized carbons (Fsp3) is 0.192. The smallest absolute Gasteiger partial charge is 0.304 e. The fourth-order valence-electron chi connectivity index (χ4n) is 3.83. The molecule has 0 spiro atoms. The van der Waals surface area contributed by atoms with Gasteiger partial charge in [0.25, 0.3) is 5.91 Å². The molecule has 2 atom stereocenters. The zero-order valence-electron chi connectivity index (χ0n) is 18.7. The second-order valence-corrected chi connectivity index (χ2v) is 7.79. The van der Waals surface area contributed by atoms with E-state index in [-0.39, 0.29) is 11.8 Å². The Hall–Kier alpha value is -4.13. The van der Waals surface area contributed by atoms with Crippen LogP contribution in [0.4, 0.5) is 0 Å². The number of para-hydroxylation sites is 1. The van der Waals surface area contributed by atoms with Crippen LogP contribution in [0.2, 0.25) is 0 Å². The number of hydrogen-bond acceptors (Lipinski definition) is 4. The standard InChI is InChI=1S/C26H25N3O4/c1-17-8-10-18(11-9-17)24-23(27-25(30)19-12-14-21(32-2)15-13-19)26(31)28-29(24)16-20-6-4-5-7-22(20)33-3/h4-16,23-24H,1-3H3,(H-,27,28,30,31)/p+1/b29-16-/t23-,24+/m1/s1.